The molecule has 16 nitrogen and oxygen atoms in total. The Balaban J connectivity index is 0.000000463. The van der Waals surface area contributed by atoms with Crippen LogP contribution in [-0.4, -0.2) is 92.1 Å². The molecule has 37 heavy (non-hydrogen) atoms. The SMILES string of the molecule is O=C1CC[C@@H](C(=O)O)N1.O=C1CC[C@@H](C(=O)O)N1.O=C1CC[C@@H](C(=O)O)N1.O=C1CC[C@@H](C(=O)O)N1.[Ti]. The van der Waals surface area contributed by atoms with E-state index in [4.69, 9.17) is 20.4 Å². The number of hydrogen-bond acceptors (Lipinski definition) is 8. The Hall–Kier alpha value is -3.53. The molecule has 4 aliphatic rings. The second-order valence-electron chi connectivity index (χ2n) is 7.99. The minimum atomic E-state index is -0.944. The first-order chi connectivity index (χ1) is 16.8. The molecular formula is C20H28N4O12Ti. The molecule has 4 amide bonds. The normalized spacial score (nSPS) is 25.1. The molecule has 4 fully saturated rings. The number of carbonyl (C=O) groups is 8. The predicted molar refractivity (Wildman–Crippen MR) is 115 cm³/mol. The summed E-state index contributed by atoms with van der Waals surface area (Å²) in [5.41, 5.74) is 0. The third-order valence-electron chi connectivity index (χ3n) is 5.17. The maximum absolute atomic E-state index is 10.4. The van der Waals surface area contributed by atoms with Crippen molar-refractivity contribution in [1.29, 1.82) is 0 Å². The largest absolute Gasteiger partial charge is 0.480 e. The molecule has 0 saturated carbocycles. The standard InChI is InChI=1S/4C5H7NO3.Ti/c4*7-4-2-1-3(6-4)5(8)9;/h4*3H,1-2H2,(H,6,7)(H,8,9);/t4*3-;/m0000./s1. The van der Waals surface area contributed by atoms with Crippen molar-refractivity contribution >= 4 is 47.5 Å². The summed E-state index contributed by atoms with van der Waals surface area (Å²) in [6.07, 6.45) is 3.08. The van der Waals surface area contributed by atoms with Gasteiger partial charge in [-0.15, -0.1) is 0 Å². The van der Waals surface area contributed by atoms with Crippen LogP contribution in [0.1, 0.15) is 51.4 Å². The molecule has 0 radical (unpaired) electrons. The van der Waals surface area contributed by atoms with Gasteiger partial charge in [-0.2, -0.15) is 0 Å². The number of carbonyl (C=O) groups excluding carboxylic acids is 4. The van der Waals surface area contributed by atoms with Gasteiger partial charge in [-0.05, 0) is 25.7 Å². The van der Waals surface area contributed by atoms with E-state index in [0.29, 0.717) is 51.4 Å². The van der Waals surface area contributed by atoms with Crippen molar-refractivity contribution in [3.8, 4) is 0 Å². The fraction of sp³-hybridized carbons (Fsp3) is 0.600. The van der Waals surface area contributed by atoms with E-state index >= 15 is 0 Å². The summed E-state index contributed by atoms with van der Waals surface area (Å²) < 4.78 is 0. The second-order valence-corrected chi connectivity index (χ2v) is 7.99. The maximum Gasteiger partial charge on any atom is 0.326 e. The topological polar surface area (TPSA) is 266 Å². The summed E-state index contributed by atoms with van der Waals surface area (Å²) >= 11 is 0. The molecule has 0 bridgehead atoms. The van der Waals surface area contributed by atoms with Gasteiger partial charge in [0.1, 0.15) is 24.2 Å². The van der Waals surface area contributed by atoms with E-state index in [9.17, 15) is 38.4 Å². The van der Waals surface area contributed by atoms with E-state index in [1.807, 2.05) is 0 Å². The Morgan fingerprint density at radius 1 is 0.459 bits per heavy atom. The first-order valence-electron chi connectivity index (χ1n) is 10.9. The van der Waals surface area contributed by atoms with Gasteiger partial charge in [0.15, 0.2) is 0 Å². The predicted octanol–water partition coefficient (Wildman–Crippen LogP) is -2.60. The average molecular weight is 564 g/mol. The molecule has 0 aliphatic carbocycles. The molecule has 4 aliphatic heterocycles. The van der Waals surface area contributed by atoms with E-state index in [1.165, 1.54) is 0 Å². The van der Waals surface area contributed by atoms with Crippen LogP contribution in [0.25, 0.3) is 0 Å². The van der Waals surface area contributed by atoms with Crippen LogP contribution in [0.5, 0.6) is 0 Å². The summed E-state index contributed by atoms with van der Waals surface area (Å²) in [6.45, 7) is 0. The molecule has 17 heteroatoms. The zero-order valence-corrected chi connectivity index (χ0v) is 21.1. The number of aliphatic carboxylic acids is 4. The summed E-state index contributed by atoms with van der Waals surface area (Å²) in [6, 6.07) is -2.56. The molecule has 0 unspecified atom stereocenters. The molecule has 0 aromatic carbocycles. The fourth-order valence-electron chi connectivity index (χ4n) is 3.20. The Kier molecular flexibility index (Phi) is 14.7. The number of carboxylic acids is 4. The Morgan fingerprint density at radius 2 is 0.622 bits per heavy atom. The molecule has 204 valence electrons. The van der Waals surface area contributed by atoms with Crippen molar-refractivity contribution in [3.63, 3.8) is 0 Å². The molecule has 4 rings (SSSR count). The third kappa shape index (κ3) is 12.8. The molecule has 8 N–H and O–H groups in total. The van der Waals surface area contributed by atoms with E-state index in [0.717, 1.165) is 0 Å². The average Bonchev–Trinajstić information content (AvgIpc) is 3.58. The van der Waals surface area contributed by atoms with Gasteiger partial charge in [0.25, 0.3) is 0 Å². The number of hydrogen-bond donors (Lipinski definition) is 8. The zero-order chi connectivity index (χ0) is 27.4. The van der Waals surface area contributed by atoms with Gasteiger partial charge in [-0.3, -0.25) is 19.2 Å². The van der Waals surface area contributed by atoms with Crippen LogP contribution in [0.15, 0.2) is 0 Å². The van der Waals surface area contributed by atoms with Crippen molar-refractivity contribution in [2.45, 2.75) is 75.5 Å². The number of nitrogens with one attached hydrogen (secondary N) is 4. The van der Waals surface area contributed by atoms with Gasteiger partial charge in [-0.25, -0.2) is 19.2 Å². The van der Waals surface area contributed by atoms with Gasteiger partial charge in [-0.1, -0.05) is 0 Å². The summed E-state index contributed by atoms with van der Waals surface area (Å²) in [7, 11) is 0. The van der Waals surface area contributed by atoms with Crippen molar-refractivity contribution in [2.75, 3.05) is 0 Å². The molecular weight excluding hydrogens is 536 g/mol. The van der Waals surface area contributed by atoms with E-state index < -0.39 is 48.0 Å². The Labute approximate surface area is 224 Å². The summed E-state index contributed by atoms with van der Waals surface area (Å²) in [5.74, 6) is -4.43. The van der Waals surface area contributed by atoms with Crippen LogP contribution >= 0.6 is 0 Å². The van der Waals surface area contributed by atoms with Crippen LogP contribution in [0, 0.1) is 0 Å². The van der Waals surface area contributed by atoms with Crippen molar-refractivity contribution in [2.24, 2.45) is 0 Å². The minimum Gasteiger partial charge on any atom is -0.480 e. The molecule has 4 atom stereocenters. The maximum atomic E-state index is 10.4. The smallest absolute Gasteiger partial charge is 0.326 e. The zero-order valence-electron chi connectivity index (χ0n) is 19.5. The van der Waals surface area contributed by atoms with E-state index in [2.05, 4.69) is 21.3 Å². The summed E-state index contributed by atoms with van der Waals surface area (Å²) in [5, 5.41) is 42.5. The van der Waals surface area contributed by atoms with Crippen molar-refractivity contribution in [3.05, 3.63) is 0 Å². The number of carboxylic acid groups (broad SMARTS) is 4. The van der Waals surface area contributed by atoms with Crippen molar-refractivity contribution < 1.29 is 80.5 Å². The monoisotopic (exact) mass is 564 g/mol. The van der Waals surface area contributed by atoms with Gasteiger partial charge in [0, 0.05) is 47.4 Å². The fourth-order valence-corrected chi connectivity index (χ4v) is 3.20. The van der Waals surface area contributed by atoms with Crippen LogP contribution in [0.3, 0.4) is 0 Å². The minimum absolute atomic E-state index is 0. The first-order valence-corrected chi connectivity index (χ1v) is 10.9. The third-order valence-corrected chi connectivity index (χ3v) is 5.17. The van der Waals surface area contributed by atoms with Crippen LogP contribution in [0.2, 0.25) is 0 Å². The van der Waals surface area contributed by atoms with E-state index in [-0.39, 0.29) is 45.3 Å². The first kappa shape index (κ1) is 33.5. The quantitative estimate of drug-likeness (QED) is 0.163. The Morgan fingerprint density at radius 3 is 0.676 bits per heavy atom. The van der Waals surface area contributed by atoms with Crippen molar-refractivity contribution in [1.82, 2.24) is 21.3 Å². The van der Waals surface area contributed by atoms with Crippen LogP contribution in [0.4, 0.5) is 0 Å². The Bertz CT molecular complexity index is 768. The van der Waals surface area contributed by atoms with Gasteiger partial charge in [0.05, 0.1) is 0 Å². The van der Waals surface area contributed by atoms with Crippen LogP contribution in [-0.2, 0) is 60.1 Å². The second kappa shape index (κ2) is 16.3. The number of rotatable bonds is 4. The molecule has 0 aromatic heterocycles. The number of amides is 4. The van der Waals surface area contributed by atoms with Gasteiger partial charge >= 0.3 is 23.9 Å². The molecule has 4 heterocycles. The molecule has 0 spiro atoms. The van der Waals surface area contributed by atoms with Crippen LogP contribution < -0.4 is 21.3 Å². The van der Waals surface area contributed by atoms with E-state index in [1.54, 1.807) is 0 Å². The van der Waals surface area contributed by atoms with Gasteiger partial charge < -0.3 is 41.7 Å². The molecule has 0 aromatic rings. The molecule has 4 saturated heterocycles. The summed E-state index contributed by atoms with van der Waals surface area (Å²) in [4.78, 5) is 82.1. The van der Waals surface area contributed by atoms with Gasteiger partial charge in [0.2, 0.25) is 23.6 Å².